The summed E-state index contributed by atoms with van der Waals surface area (Å²) in [5.41, 5.74) is 2.06. The number of nitrogens with zero attached hydrogens (tertiary/aromatic N) is 3. The van der Waals surface area contributed by atoms with E-state index in [0.717, 1.165) is 17.9 Å². The summed E-state index contributed by atoms with van der Waals surface area (Å²) >= 11 is 6.25. The molecule has 5 heteroatoms. The van der Waals surface area contributed by atoms with Crippen molar-refractivity contribution in [1.29, 1.82) is 0 Å². The van der Waals surface area contributed by atoms with E-state index in [1.54, 1.807) is 7.11 Å². The maximum atomic E-state index is 6.25. The number of aromatic nitrogens is 3. The minimum atomic E-state index is -0.130. The van der Waals surface area contributed by atoms with Gasteiger partial charge in [0.15, 0.2) is 0 Å². The highest BCUT2D eigenvalue weighted by Crippen LogP contribution is 2.28. The van der Waals surface area contributed by atoms with E-state index in [0.29, 0.717) is 11.9 Å². The minimum Gasteiger partial charge on any atom is -0.384 e. The van der Waals surface area contributed by atoms with Gasteiger partial charge in [-0.15, -0.1) is 10.2 Å². The van der Waals surface area contributed by atoms with Crippen LogP contribution in [0.5, 0.6) is 0 Å². The SMILES string of the molecule is COCCc1ccccc1-n1c(Cl)nnc1C(C)(C)C. The van der Waals surface area contributed by atoms with Crippen molar-refractivity contribution >= 4 is 11.6 Å². The molecule has 2 rings (SSSR count). The van der Waals surface area contributed by atoms with Gasteiger partial charge in [-0.2, -0.15) is 0 Å². The van der Waals surface area contributed by atoms with Crippen molar-refractivity contribution in [3.8, 4) is 5.69 Å². The van der Waals surface area contributed by atoms with Crippen LogP contribution < -0.4 is 0 Å². The van der Waals surface area contributed by atoms with Crippen LogP contribution in [0.1, 0.15) is 32.2 Å². The molecular formula is C15H20ClN3O. The van der Waals surface area contributed by atoms with Crippen LogP contribution in [0.2, 0.25) is 5.28 Å². The first-order valence-corrected chi connectivity index (χ1v) is 7.01. The third-order valence-corrected chi connectivity index (χ3v) is 3.35. The summed E-state index contributed by atoms with van der Waals surface area (Å²) in [7, 11) is 1.70. The van der Waals surface area contributed by atoms with Crippen molar-refractivity contribution in [2.45, 2.75) is 32.6 Å². The molecule has 2 aromatic rings. The molecule has 0 aliphatic heterocycles. The zero-order valence-corrected chi connectivity index (χ0v) is 13.1. The van der Waals surface area contributed by atoms with Gasteiger partial charge in [0.2, 0.25) is 5.28 Å². The second-order valence-corrected chi connectivity index (χ2v) is 6.09. The third kappa shape index (κ3) is 3.02. The van der Waals surface area contributed by atoms with Crippen molar-refractivity contribution in [1.82, 2.24) is 14.8 Å². The first-order chi connectivity index (χ1) is 9.45. The Labute approximate surface area is 124 Å². The molecule has 1 aromatic heterocycles. The fraction of sp³-hybridized carbons (Fsp3) is 0.467. The number of hydrogen-bond donors (Lipinski definition) is 0. The predicted molar refractivity (Wildman–Crippen MR) is 80.6 cm³/mol. The van der Waals surface area contributed by atoms with E-state index in [1.807, 2.05) is 22.8 Å². The van der Waals surface area contributed by atoms with E-state index in [9.17, 15) is 0 Å². The molecule has 0 saturated carbocycles. The maximum absolute atomic E-state index is 6.25. The Morgan fingerprint density at radius 2 is 1.90 bits per heavy atom. The molecule has 0 saturated heterocycles. The molecule has 1 aromatic carbocycles. The van der Waals surface area contributed by atoms with Gasteiger partial charge in [0.1, 0.15) is 5.82 Å². The molecule has 1 heterocycles. The molecule has 108 valence electrons. The van der Waals surface area contributed by atoms with Crippen LogP contribution in [0.4, 0.5) is 0 Å². The molecule has 0 spiro atoms. The van der Waals surface area contributed by atoms with Crippen LogP contribution in [-0.4, -0.2) is 28.5 Å². The summed E-state index contributed by atoms with van der Waals surface area (Å²) < 4.78 is 7.10. The molecule has 0 bridgehead atoms. The van der Waals surface area contributed by atoms with Gasteiger partial charge in [0.05, 0.1) is 12.3 Å². The lowest BCUT2D eigenvalue weighted by atomic mass is 9.95. The number of halogens is 1. The van der Waals surface area contributed by atoms with Gasteiger partial charge < -0.3 is 4.74 Å². The van der Waals surface area contributed by atoms with E-state index in [1.165, 1.54) is 5.56 Å². The topological polar surface area (TPSA) is 39.9 Å². The summed E-state index contributed by atoms with van der Waals surface area (Å²) in [6, 6.07) is 8.13. The number of ether oxygens (including phenoxy) is 1. The second kappa shape index (κ2) is 5.94. The zero-order chi connectivity index (χ0) is 14.8. The average molecular weight is 294 g/mol. The number of methoxy groups -OCH3 is 1. The van der Waals surface area contributed by atoms with Gasteiger partial charge in [-0.05, 0) is 29.7 Å². The van der Waals surface area contributed by atoms with E-state index in [-0.39, 0.29) is 5.41 Å². The van der Waals surface area contributed by atoms with Gasteiger partial charge in [0, 0.05) is 12.5 Å². The zero-order valence-electron chi connectivity index (χ0n) is 12.4. The first kappa shape index (κ1) is 15.0. The lowest BCUT2D eigenvalue weighted by Crippen LogP contribution is -2.19. The highest BCUT2D eigenvalue weighted by Gasteiger charge is 2.25. The fourth-order valence-corrected chi connectivity index (χ4v) is 2.33. The molecule has 0 atom stereocenters. The smallest absolute Gasteiger partial charge is 0.229 e. The highest BCUT2D eigenvalue weighted by molar-refractivity contribution is 6.28. The Morgan fingerprint density at radius 1 is 1.20 bits per heavy atom. The Hall–Kier alpha value is -1.39. The summed E-state index contributed by atoms with van der Waals surface area (Å²) in [5, 5.41) is 8.65. The number of benzene rings is 1. The van der Waals surface area contributed by atoms with Crippen molar-refractivity contribution in [2.24, 2.45) is 0 Å². The van der Waals surface area contributed by atoms with Gasteiger partial charge in [0.25, 0.3) is 0 Å². The van der Waals surface area contributed by atoms with Crippen LogP contribution in [0.3, 0.4) is 0 Å². The van der Waals surface area contributed by atoms with Gasteiger partial charge in [-0.25, -0.2) is 0 Å². The molecule has 0 radical (unpaired) electrons. The lowest BCUT2D eigenvalue weighted by Gasteiger charge is -2.20. The molecule has 0 fully saturated rings. The van der Waals surface area contributed by atoms with Crippen LogP contribution >= 0.6 is 11.6 Å². The van der Waals surface area contributed by atoms with Crippen LogP contribution in [0.15, 0.2) is 24.3 Å². The van der Waals surface area contributed by atoms with Crippen molar-refractivity contribution < 1.29 is 4.74 Å². The maximum Gasteiger partial charge on any atom is 0.229 e. The molecule has 0 unspecified atom stereocenters. The van der Waals surface area contributed by atoms with Crippen molar-refractivity contribution in [2.75, 3.05) is 13.7 Å². The first-order valence-electron chi connectivity index (χ1n) is 6.63. The van der Waals surface area contributed by atoms with Gasteiger partial charge >= 0.3 is 0 Å². The molecule has 0 aliphatic carbocycles. The van der Waals surface area contributed by atoms with Crippen molar-refractivity contribution in [3.63, 3.8) is 0 Å². The Bertz CT molecular complexity index is 587. The number of hydrogen-bond acceptors (Lipinski definition) is 3. The Kier molecular flexibility index (Phi) is 4.45. The summed E-state index contributed by atoms with van der Waals surface area (Å²) in [5.74, 6) is 0.854. The monoisotopic (exact) mass is 293 g/mol. The second-order valence-electron chi connectivity index (χ2n) is 5.75. The average Bonchev–Trinajstić information content (AvgIpc) is 2.78. The number of rotatable bonds is 4. The Balaban J connectivity index is 2.54. The molecular weight excluding hydrogens is 274 g/mol. The van der Waals surface area contributed by atoms with Crippen LogP contribution in [-0.2, 0) is 16.6 Å². The molecule has 0 N–H and O–H groups in total. The normalized spacial score (nSPS) is 11.8. The standard InChI is InChI=1S/C15H20ClN3O/c1-15(2,3)13-17-18-14(16)19(13)12-8-6-5-7-11(12)9-10-20-4/h5-8H,9-10H2,1-4H3. The van der Waals surface area contributed by atoms with Crippen LogP contribution in [0, 0.1) is 0 Å². The highest BCUT2D eigenvalue weighted by atomic mass is 35.5. The molecule has 20 heavy (non-hydrogen) atoms. The quantitative estimate of drug-likeness (QED) is 0.867. The number of para-hydroxylation sites is 1. The third-order valence-electron chi connectivity index (χ3n) is 3.10. The van der Waals surface area contributed by atoms with Crippen LogP contribution in [0.25, 0.3) is 5.69 Å². The minimum absolute atomic E-state index is 0.130. The van der Waals surface area contributed by atoms with E-state index in [2.05, 4.69) is 37.0 Å². The fourth-order valence-electron chi connectivity index (χ4n) is 2.12. The summed E-state index contributed by atoms with van der Waals surface area (Å²) in [6.45, 7) is 6.96. The molecule has 4 nitrogen and oxygen atoms in total. The van der Waals surface area contributed by atoms with E-state index < -0.39 is 0 Å². The molecule has 0 amide bonds. The largest absolute Gasteiger partial charge is 0.384 e. The molecule has 0 aliphatic rings. The van der Waals surface area contributed by atoms with Gasteiger partial charge in [-0.3, -0.25) is 4.57 Å². The van der Waals surface area contributed by atoms with Crippen molar-refractivity contribution in [3.05, 3.63) is 40.9 Å². The Morgan fingerprint density at radius 3 is 2.55 bits per heavy atom. The lowest BCUT2D eigenvalue weighted by molar-refractivity contribution is 0.202. The summed E-state index contributed by atoms with van der Waals surface area (Å²) in [6.07, 6.45) is 0.824. The summed E-state index contributed by atoms with van der Waals surface area (Å²) in [4.78, 5) is 0. The van der Waals surface area contributed by atoms with E-state index >= 15 is 0 Å². The predicted octanol–water partition coefficient (Wildman–Crippen LogP) is 3.41. The van der Waals surface area contributed by atoms with Gasteiger partial charge in [-0.1, -0.05) is 39.0 Å². The van der Waals surface area contributed by atoms with E-state index in [4.69, 9.17) is 16.3 Å².